The summed E-state index contributed by atoms with van der Waals surface area (Å²) in [5, 5.41) is 11.6. The van der Waals surface area contributed by atoms with Crippen LogP contribution < -0.4 is 10.6 Å². The van der Waals surface area contributed by atoms with Crippen LogP contribution in [-0.4, -0.2) is 42.2 Å². The Labute approximate surface area is 194 Å². The van der Waals surface area contributed by atoms with Crippen molar-refractivity contribution in [3.63, 3.8) is 0 Å². The number of hydrogen-bond acceptors (Lipinski definition) is 6. The molecule has 1 aliphatic rings. The number of pyridine rings is 1. The SMILES string of the molecule is CNc1nc(NC2CCC(C)(C)CC2)nn2ccc(-c3ccc4nc(C)n(C(C)C)c4n3)c12. The first-order valence-corrected chi connectivity index (χ1v) is 12.0. The number of anilines is 2. The van der Waals surface area contributed by atoms with Crippen LogP contribution in [0.4, 0.5) is 11.8 Å². The molecule has 0 bridgehead atoms. The van der Waals surface area contributed by atoms with Crippen LogP contribution in [0.2, 0.25) is 0 Å². The van der Waals surface area contributed by atoms with Crippen molar-refractivity contribution in [3.8, 4) is 11.3 Å². The fourth-order valence-corrected chi connectivity index (χ4v) is 5.05. The van der Waals surface area contributed by atoms with Gasteiger partial charge in [-0.25, -0.2) is 14.5 Å². The van der Waals surface area contributed by atoms with Crippen molar-refractivity contribution in [1.29, 1.82) is 0 Å². The van der Waals surface area contributed by atoms with Crippen molar-refractivity contribution in [2.24, 2.45) is 5.41 Å². The van der Waals surface area contributed by atoms with E-state index in [-0.39, 0.29) is 0 Å². The molecule has 8 nitrogen and oxygen atoms in total. The molecule has 1 aliphatic carbocycles. The third kappa shape index (κ3) is 3.92. The predicted molar refractivity (Wildman–Crippen MR) is 134 cm³/mol. The number of nitrogens with one attached hydrogen (secondary N) is 2. The van der Waals surface area contributed by atoms with Gasteiger partial charge in [-0.2, -0.15) is 4.98 Å². The zero-order valence-electron chi connectivity index (χ0n) is 20.5. The van der Waals surface area contributed by atoms with Gasteiger partial charge in [-0.05, 0) is 70.1 Å². The van der Waals surface area contributed by atoms with Crippen LogP contribution in [0, 0.1) is 12.3 Å². The average Bonchev–Trinajstić information content (AvgIpc) is 3.34. The van der Waals surface area contributed by atoms with E-state index in [0.29, 0.717) is 23.4 Å². The maximum Gasteiger partial charge on any atom is 0.243 e. The van der Waals surface area contributed by atoms with Gasteiger partial charge in [0.1, 0.15) is 16.9 Å². The number of aromatic nitrogens is 6. The number of fused-ring (bicyclic) bond motifs is 2. The van der Waals surface area contributed by atoms with Crippen molar-refractivity contribution in [2.45, 2.75) is 72.4 Å². The van der Waals surface area contributed by atoms with Gasteiger partial charge in [-0.1, -0.05) is 13.8 Å². The lowest BCUT2D eigenvalue weighted by molar-refractivity contribution is 0.232. The summed E-state index contributed by atoms with van der Waals surface area (Å²) in [6, 6.07) is 6.85. The Morgan fingerprint density at radius 2 is 1.82 bits per heavy atom. The molecule has 0 radical (unpaired) electrons. The van der Waals surface area contributed by atoms with Crippen molar-refractivity contribution >= 4 is 28.4 Å². The smallest absolute Gasteiger partial charge is 0.243 e. The lowest BCUT2D eigenvalue weighted by atomic mass is 9.76. The van der Waals surface area contributed by atoms with Gasteiger partial charge in [0.2, 0.25) is 5.95 Å². The molecule has 0 atom stereocenters. The fourth-order valence-electron chi connectivity index (χ4n) is 5.05. The van der Waals surface area contributed by atoms with Gasteiger partial charge in [-0.15, -0.1) is 5.10 Å². The van der Waals surface area contributed by atoms with Crippen LogP contribution in [0.5, 0.6) is 0 Å². The van der Waals surface area contributed by atoms with Gasteiger partial charge in [0, 0.05) is 30.9 Å². The molecule has 0 amide bonds. The topological polar surface area (TPSA) is 85.0 Å². The Morgan fingerprint density at radius 1 is 1.06 bits per heavy atom. The zero-order chi connectivity index (χ0) is 23.3. The summed E-state index contributed by atoms with van der Waals surface area (Å²) in [4.78, 5) is 14.5. The molecule has 0 saturated heterocycles. The highest BCUT2D eigenvalue weighted by Crippen LogP contribution is 2.36. The Kier molecular flexibility index (Phi) is 5.26. The van der Waals surface area contributed by atoms with Crippen LogP contribution in [-0.2, 0) is 0 Å². The van der Waals surface area contributed by atoms with Crippen LogP contribution in [0.1, 0.15) is 65.2 Å². The molecule has 4 aromatic rings. The third-order valence-electron chi connectivity index (χ3n) is 6.93. The van der Waals surface area contributed by atoms with Gasteiger partial charge < -0.3 is 15.2 Å². The van der Waals surface area contributed by atoms with Crippen LogP contribution in [0.15, 0.2) is 24.4 Å². The summed E-state index contributed by atoms with van der Waals surface area (Å²) >= 11 is 0. The molecular formula is C25H34N8. The minimum atomic E-state index is 0.290. The average molecular weight is 447 g/mol. The van der Waals surface area contributed by atoms with Crippen molar-refractivity contribution in [1.82, 2.24) is 29.1 Å². The zero-order valence-corrected chi connectivity index (χ0v) is 20.5. The lowest BCUT2D eigenvalue weighted by Crippen LogP contribution is -2.30. The first-order chi connectivity index (χ1) is 15.8. The fraction of sp³-hybridized carbons (Fsp3) is 0.520. The molecule has 33 heavy (non-hydrogen) atoms. The summed E-state index contributed by atoms with van der Waals surface area (Å²) in [6.07, 6.45) is 6.72. The van der Waals surface area contributed by atoms with E-state index in [9.17, 15) is 0 Å². The Balaban J connectivity index is 1.52. The van der Waals surface area contributed by atoms with E-state index in [2.05, 4.69) is 53.9 Å². The standard InChI is InChI=1S/C25H34N8/c1-15(2)33-16(3)27-20-8-7-19(29-23(20)33)18-11-14-32-21(18)22(26-6)30-24(31-32)28-17-9-12-25(4,5)13-10-17/h7-8,11,14-15,17H,9-10,12-13H2,1-6H3,(H2,26,28,30,31). The molecule has 1 saturated carbocycles. The van der Waals surface area contributed by atoms with E-state index in [1.54, 1.807) is 0 Å². The summed E-state index contributed by atoms with van der Waals surface area (Å²) in [5.74, 6) is 2.43. The molecule has 4 heterocycles. The second kappa shape index (κ2) is 8.01. The minimum Gasteiger partial charge on any atom is -0.371 e. The highest BCUT2D eigenvalue weighted by molar-refractivity contribution is 5.89. The normalized spacial score (nSPS) is 16.7. The largest absolute Gasteiger partial charge is 0.371 e. The predicted octanol–water partition coefficient (Wildman–Crippen LogP) is 5.45. The summed E-state index contributed by atoms with van der Waals surface area (Å²) in [6.45, 7) is 11.1. The number of hydrogen-bond donors (Lipinski definition) is 2. The summed E-state index contributed by atoms with van der Waals surface area (Å²) in [5.41, 5.74) is 5.08. The second-order valence-corrected chi connectivity index (χ2v) is 10.3. The number of nitrogens with zero attached hydrogens (tertiary/aromatic N) is 6. The Morgan fingerprint density at radius 3 is 2.52 bits per heavy atom. The maximum atomic E-state index is 5.00. The van der Waals surface area contributed by atoms with Gasteiger partial charge in [0.15, 0.2) is 11.5 Å². The lowest BCUT2D eigenvalue weighted by Gasteiger charge is -2.34. The third-order valence-corrected chi connectivity index (χ3v) is 6.93. The first-order valence-electron chi connectivity index (χ1n) is 12.0. The van der Waals surface area contributed by atoms with E-state index < -0.39 is 0 Å². The number of aryl methyl sites for hydroxylation is 1. The summed E-state index contributed by atoms with van der Waals surface area (Å²) in [7, 11) is 1.90. The number of imidazole rings is 1. The quantitative estimate of drug-likeness (QED) is 0.424. The molecular weight excluding hydrogens is 412 g/mol. The Hall–Kier alpha value is -3.16. The Bertz CT molecular complexity index is 1300. The van der Waals surface area contributed by atoms with E-state index in [0.717, 1.165) is 52.4 Å². The van der Waals surface area contributed by atoms with Crippen LogP contribution >= 0.6 is 0 Å². The maximum absolute atomic E-state index is 5.00. The summed E-state index contributed by atoms with van der Waals surface area (Å²) < 4.78 is 4.08. The van der Waals surface area contributed by atoms with Gasteiger partial charge >= 0.3 is 0 Å². The van der Waals surface area contributed by atoms with Crippen LogP contribution in [0.3, 0.4) is 0 Å². The highest BCUT2D eigenvalue weighted by atomic mass is 15.3. The van der Waals surface area contributed by atoms with E-state index >= 15 is 0 Å². The monoisotopic (exact) mass is 446 g/mol. The van der Waals surface area contributed by atoms with E-state index in [1.807, 2.05) is 36.8 Å². The van der Waals surface area contributed by atoms with Crippen molar-refractivity contribution in [3.05, 3.63) is 30.2 Å². The molecule has 0 aliphatic heterocycles. The first kappa shape index (κ1) is 21.7. The molecule has 4 aromatic heterocycles. The van der Waals surface area contributed by atoms with Gasteiger partial charge in [-0.3, -0.25) is 0 Å². The molecule has 174 valence electrons. The molecule has 5 rings (SSSR count). The highest BCUT2D eigenvalue weighted by Gasteiger charge is 2.27. The van der Waals surface area contributed by atoms with E-state index in [1.165, 1.54) is 12.8 Å². The minimum absolute atomic E-state index is 0.290. The van der Waals surface area contributed by atoms with Crippen molar-refractivity contribution < 1.29 is 0 Å². The van der Waals surface area contributed by atoms with Crippen LogP contribution in [0.25, 0.3) is 27.9 Å². The molecule has 8 heteroatoms. The van der Waals surface area contributed by atoms with Gasteiger partial charge in [0.25, 0.3) is 0 Å². The van der Waals surface area contributed by atoms with Crippen molar-refractivity contribution in [2.75, 3.05) is 17.7 Å². The van der Waals surface area contributed by atoms with E-state index in [4.69, 9.17) is 15.1 Å². The molecule has 0 unspecified atom stereocenters. The molecule has 0 spiro atoms. The number of rotatable bonds is 5. The second-order valence-electron chi connectivity index (χ2n) is 10.3. The molecule has 0 aromatic carbocycles. The molecule has 1 fully saturated rings. The molecule has 2 N–H and O–H groups in total. The van der Waals surface area contributed by atoms with Gasteiger partial charge in [0.05, 0.1) is 5.69 Å².